The number of aromatic nitrogens is 2. The third kappa shape index (κ3) is 4.17. The maximum Gasteiger partial charge on any atom is 0.279 e. The van der Waals surface area contributed by atoms with E-state index in [0.29, 0.717) is 24.0 Å². The number of benzene rings is 3. The van der Waals surface area contributed by atoms with Crippen molar-refractivity contribution in [2.45, 2.75) is 6.42 Å². The number of fused-ring (bicyclic) bond motifs is 1. The normalized spacial score (nSPS) is 12.2. The van der Waals surface area contributed by atoms with E-state index in [-0.39, 0.29) is 5.56 Å². The van der Waals surface area contributed by atoms with Gasteiger partial charge in [-0.2, -0.15) is 9.78 Å². The summed E-state index contributed by atoms with van der Waals surface area (Å²) in [6.45, 7) is 0.343. The molecule has 0 spiro atoms. The zero-order valence-corrected chi connectivity index (χ0v) is 16.3. The van der Waals surface area contributed by atoms with Crippen molar-refractivity contribution in [3.05, 3.63) is 94.8 Å². The minimum Gasteiger partial charge on any atom is -0.760 e. The number of nitrogens with zero attached hydrogens (tertiary/aromatic N) is 2. The van der Waals surface area contributed by atoms with Crippen LogP contribution in [0.2, 0.25) is 0 Å². The molecular weight excluding hydrogens is 386 g/mol. The van der Waals surface area contributed by atoms with Crippen LogP contribution in [-0.4, -0.2) is 25.1 Å². The SMILES string of the molecule is O=c1c2ccccc2c(-c2ccc(CCNS(=O)[O-])cc2)nn1-c1ccccc1. The molecule has 0 fully saturated rings. The van der Waals surface area contributed by atoms with Crippen molar-refractivity contribution in [3.8, 4) is 16.9 Å². The Labute approximate surface area is 170 Å². The molecule has 1 aromatic heterocycles. The van der Waals surface area contributed by atoms with Gasteiger partial charge in [0.15, 0.2) is 0 Å². The Bertz CT molecular complexity index is 1220. The first-order chi connectivity index (χ1) is 14.1. The number of hydrogen-bond acceptors (Lipinski definition) is 4. The van der Waals surface area contributed by atoms with Gasteiger partial charge in [-0.3, -0.25) is 9.00 Å². The highest BCUT2D eigenvalue weighted by molar-refractivity contribution is 7.77. The Hall–Kier alpha value is -3.13. The Balaban J connectivity index is 1.78. The molecule has 0 amide bonds. The van der Waals surface area contributed by atoms with Gasteiger partial charge in [-0.1, -0.05) is 60.7 Å². The van der Waals surface area contributed by atoms with Crippen LogP contribution in [0.3, 0.4) is 0 Å². The molecule has 0 saturated carbocycles. The minimum atomic E-state index is -2.25. The molecule has 0 saturated heterocycles. The number of nitrogens with one attached hydrogen (secondary N) is 1. The van der Waals surface area contributed by atoms with Crippen molar-refractivity contribution in [1.29, 1.82) is 0 Å². The lowest BCUT2D eigenvalue weighted by Gasteiger charge is -2.12. The molecule has 146 valence electrons. The van der Waals surface area contributed by atoms with Crippen LogP contribution in [0.5, 0.6) is 0 Å². The smallest absolute Gasteiger partial charge is 0.279 e. The topological polar surface area (TPSA) is 87.1 Å². The van der Waals surface area contributed by atoms with Crippen molar-refractivity contribution in [3.63, 3.8) is 0 Å². The largest absolute Gasteiger partial charge is 0.760 e. The van der Waals surface area contributed by atoms with E-state index in [4.69, 9.17) is 0 Å². The van der Waals surface area contributed by atoms with E-state index < -0.39 is 11.3 Å². The fourth-order valence-electron chi connectivity index (χ4n) is 3.25. The van der Waals surface area contributed by atoms with Crippen molar-refractivity contribution in [1.82, 2.24) is 14.5 Å². The number of rotatable bonds is 6. The van der Waals surface area contributed by atoms with E-state index in [1.807, 2.05) is 78.9 Å². The van der Waals surface area contributed by atoms with Crippen molar-refractivity contribution >= 4 is 22.0 Å². The Morgan fingerprint density at radius 1 is 0.897 bits per heavy atom. The van der Waals surface area contributed by atoms with E-state index in [0.717, 1.165) is 22.2 Å². The van der Waals surface area contributed by atoms with Gasteiger partial charge < -0.3 is 4.55 Å². The lowest BCUT2D eigenvalue weighted by Crippen LogP contribution is -2.22. The van der Waals surface area contributed by atoms with Gasteiger partial charge in [0.05, 0.1) is 16.8 Å². The summed E-state index contributed by atoms with van der Waals surface area (Å²) >= 11 is -2.25. The summed E-state index contributed by atoms with van der Waals surface area (Å²) in [5, 5.41) is 6.06. The minimum absolute atomic E-state index is 0.163. The Morgan fingerprint density at radius 3 is 2.24 bits per heavy atom. The highest BCUT2D eigenvalue weighted by atomic mass is 32.2. The van der Waals surface area contributed by atoms with Crippen LogP contribution in [0.4, 0.5) is 0 Å². The van der Waals surface area contributed by atoms with Crippen LogP contribution in [0.1, 0.15) is 5.56 Å². The quantitative estimate of drug-likeness (QED) is 0.501. The van der Waals surface area contributed by atoms with Crippen LogP contribution in [-0.2, 0) is 17.7 Å². The molecule has 4 rings (SSSR count). The van der Waals surface area contributed by atoms with Crippen LogP contribution in [0, 0.1) is 0 Å². The average molecular weight is 404 g/mol. The maximum absolute atomic E-state index is 13.0. The third-order valence-corrected chi connectivity index (χ3v) is 5.11. The summed E-state index contributed by atoms with van der Waals surface area (Å²) in [6, 6.07) is 24.6. The first kappa shape index (κ1) is 19.2. The second-order valence-electron chi connectivity index (χ2n) is 6.52. The Morgan fingerprint density at radius 2 is 1.55 bits per heavy atom. The van der Waals surface area contributed by atoms with Crippen molar-refractivity contribution in [2.75, 3.05) is 6.54 Å². The average Bonchev–Trinajstić information content (AvgIpc) is 2.75. The highest BCUT2D eigenvalue weighted by Gasteiger charge is 2.13. The Kier molecular flexibility index (Phi) is 5.62. The molecule has 7 heteroatoms. The van der Waals surface area contributed by atoms with E-state index in [1.165, 1.54) is 4.68 Å². The maximum atomic E-state index is 13.0. The van der Waals surface area contributed by atoms with Gasteiger partial charge in [0.2, 0.25) is 0 Å². The molecule has 1 unspecified atom stereocenters. The second-order valence-corrected chi connectivity index (χ2v) is 7.28. The lowest BCUT2D eigenvalue weighted by molar-refractivity contribution is 0.523. The summed E-state index contributed by atoms with van der Waals surface area (Å²) < 4.78 is 25.0. The van der Waals surface area contributed by atoms with Gasteiger partial charge in [-0.25, -0.2) is 4.72 Å². The summed E-state index contributed by atoms with van der Waals surface area (Å²) in [5.41, 5.74) is 3.15. The van der Waals surface area contributed by atoms with Gasteiger partial charge in [0, 0.05) is 28.8 Å². The third-order valence-electron chi connectivity index (χ3n) is 4.67. The van der Waals surface area contributed by atoms with Crippen LogP contribution >= 0.6 is 0 Å². The monoisotopic (exact) mass is 404 g/mol. The van der Waals surface area contributed by atoms with Gasteiger partial charge in [0.1, 0.15) is 0 Å². The van der Waals surface area contributed by atoms with Crippen molar-refractivity contribution in [2.24, 2.45) is 0 Å². The molecule has 1 heterocycles. The molecule has 0 radical (unpaired) electrons. The van der Waals surface area contributed by atoms with Crippen LogP contribution < -0.4 is 10.3 Å². The standard InChI is InChI=1S/C22H19N3O3S/c26-22-20-9-5-4-8-19(20)21(24-25(22)18-6-2-1-3-7-18)17-12-10-16(11-13-17)14-15-23-29(27)28/h1-13,23H,14-15H2,(H,27,28)/p-1. The fourth-order valence-corrected chi connectivity index (χ4v) is 3.52. The van der Waals surface area contributed by atoms with E-state index in [1.54, 1.807) is 0 Å². The molecule has 3 aromatic carbocycles. The highest BCUT2D eigenvalue weighted by Crippen LogP contribution is 2.25. The van der Waals surface area contributed by atoms with Crippen LogP contribution in [0.15, 0.2) is 83.7 Å². The van der Waals surface area contributed by atoms with Gasteiger partial charge in [0.25, 0.3) is 5.56 Å². The summed E-state index contributed by atoms with van der Waals surface area (Å²) in [4.78, 5) is 13.0. The fraction of sp³-hybridized carbons (Fsp3) is 0.0909. The van der Waals surface area contributed by atoms with Gasteiger partial charge in [-0.15, -0.1) is 0 Å². The molecule has 0 aliphatic rings. The zero-order chi connectivity index (χ0) is 20.2. The molecule has 0 aliphatic heterocycles. The van der Waals surface area contributed by atoms with Gasteiger partial charge >= 0.3 is 0 Å². The zero-order valence-electron chi connectivity index (χ0n) is 15.4. The summed E-state index contributed by atoms with van der Waals surface area (Å²) in [6.07, 6.45) is 0.589. The molecular formula is C22H18N3O3S-. The molecule has 29 heavy (non-hydrogen) atoms. The van der Waals surface area contributed by atoms with Gasteiger partial charge in [-0.05, 0) is 30.2 Å². The summed E-state index contributed by atoms with van der Waals surface area (Å²) in [7, 11) is 0. The second kappa shape index (κ2) is 8.48. The van der Waals surface area contributed by atoms with E-state index in [9.17, 15) is 13.6 Å². The van der Waals surface area contributed by atoms with E-state index >= 15 is 0 Å². The van der Waals surface area contributed by atoms with Crippen LogP contribution in [0.25, 0.3) is 27.7 Å². The van der Waals surface area contributed by atoms with E-state index in [2.05, 4.69) is 9.82 Å². The predicted molar refractivity (Wildman–Crippen MR) is 113 cm³/mol. The molecule has 1 N–H and O–H groups in total. The molecule has 6 nitrogen and oxygen atoms in total. The molecule has 4 aromatic rings. The molecule has 0 aliphatic carbocycles. The number of para-hydroxylation sites is 1. The number of hydrogen-bond donors (Lipinski definition) is 1. The first-order valence-electron chi connectivity index (χ1n) is 9.13. The first-order valence-corrected chi connectivity index (χ1v) is 10.2. The summed E-state index contributed by atoms with van der Waals surface area (Å²) in [5.74, 6) is 0. The molecule has 0 bridgehead atoms. The predicted octanol–water partition coefficient (Wildman–Crippen LogP) is 2.98. The van der Waals surface area contributed by atoms with Crippen molar-refractivity contribution < 1.29 is 8.76 Å². The molecule has 1 atom stereocenters. The lowest BCUT2D eigenvalue weighted by atomic mass is 10.0.